The van der Waals surface area contributed by atoms with Crippen molar-refractivity contribution in [1.29, 1.82) is 0 Å². The Hall–Kier alpha value is -3.48. The molecule has 4 aromatic rings. The zero-order valence-electron chi connectivity index (χ0n) is 15.2. The van der Waals surface area contributed by atoms with Crippen LogP contribution >= 0.6 is 0 Å². The Kier molecular flexibility index (Phi) is 4.12. The minimum Gasteiger partial charge on any atom is -0.361 e. The lowest BCUT2D eigenvalue weighted by atomic mass is 10.1. The van der Waals surface area contributed by atoms with Crippen molar-refractivity contribution < 1.29 is 9.32 Å². The van der Waals surface area contributed by atoms with Crippen molar-refractivity contribution in [2.24, 2.45) is 0 Å². The second-order valence-corrected chi connectivity index (χ2v) is 6.95. The number of aromatic nitrogens is 4. The maximum Gasteiger partial charge on any atom is 0.249 e. The zero-order valence-corrected chi connectivity index (χ0v) is 15.2. The van der Waals surface area contributed by atoms with Gasteiger partial charge in [0.25, 0.3) is 0 Å². The first kappa shape index (κ1) is 16.7. The molecule has 1 amide bonds. The molecule has 7 nitrogen and oxygen atoms in total. The Labute approximate surface area is 161 Å². The lowest BCUT2D eigenvalue weighted by molar-refractivity contribution is -0.131. The molecule has 7 heteroatoms. The molecule has 0 aliphatic carbocycles. The van der Waals surface area contributed by atoms with Gasteiger partial charge in [0.15, 0.2) is 0 Å². The third-order valence-electron chi connectivity index (χ3n) is 5.21. The quantitative estimate of drug-likeness (QED) is 0.591. The average Bonchev–Trinajstić information content (AvgIpc) is 3.48. The number of carbonyl (C=O) groups is 1. The van der Waals surface area contributed by atoms with E-state index in [1.807, 2.05) is 53.6 Å². The molecule has 1 atom stereocenters. The number of pyridine rings is 1. The first-order chi connectivity index (χ1) is 13.8. The van der Waals surface area contributed by atoms with Crippen molar-refractivity contribution in [1.82, 2.24) is 25.0 Å². The number of fused-ring (bicyclic) bond motifs is 1. The van der Waals surface area contributed by atoms with Gasteiger partial charge in [-0.2, -0.15) is 4.98 Å². The highest BCUT2D eigenvalue weighted by Crippen LogP contribution is 2.32. The van der Waals surface area contributed by atoms with E-state index < -0.39 is 0 Å². The Balaban J connectivity index is 1.37. The number of nitrogens with one attached hydrogen (secondary N) is 1. The fourth-order valence-corrected chi connectivity index (χ4v) is 3.83. The summed E-state index contributed by atoms with van der Waals surface area (Å²) in [7, 11) is 0. The number of rotatable bonds is 4. The topological polar surface area (TPSA) is 87.9 Å². The van der Waals surface area contributed by atoms with Gasteiger partial charge in [-0.15, -0.1) is 0 Å². The molecule has 0 bridgehead atoms. The summed E-state index contributed by atoms with van der Waals surface area (Å²) >= 11 is 0. The molecule has 140 valence electrons. The molecule has 1 aromatic carbocycles. The highest BCUT2D eigenvalue weighted by atomic mass is 16.5. The number of para-hydroxylation sites is 1. The van der Waals surface area contributed by atoms with E-state index in [1.165, 1.54) is 0 Å². The molecule has 3 aromatic heterocycles. The number of nitrogens with zero attached hydrogens (tertiary/aromatic N) is 4. The van der Waals surface area contributed by atoms with Gasteiger partial charge in [-0.25, -0.2) is 0 Å². The smallest absolute Gasteiger partial charge is 0.249 e. The molecule has 1 aliphatic heterocycles. The van der Waals surface area contributed by atoms with Crippen molar-refractivity contribution in [3.63, 3.8) is 0 Å². The highest BCUT2D eigenvalue weighted by Gasteiger charge is 2.34. The molecule has 1 saturated heterocycles. The molecule has 4 heterocycles. The Morgan fingerprint density at radius 1 is 1.21 bits per heavy atom. The van der Waals surface area contributed by atoms with Crippen LogP contribution in [0.4, 0.5) is 0 Å². The zero-order chi connectivity index (χ0) is 18.9. The number of amides is 1. The van der Waals surface area contributed by atoms with Crippen LogP contribution in [0.2, 0.25) is 0 Å². The van der Waals surface area contributed by atoms with Crippen molar-refractivity contribution >= 4 is 16.8 Å². The van der Waals surface area contributed by atoms with E-state index in [0.29, 0.717) is 30.4 Å². The van der Waals surface area contributed by atoms with Crippen LogP contribution in [0.3, 0.4) is 0 Å². The van der Waals surface area contributed by atoms with Crippen molar-refractivity contribution in [2.45, 2.75) is 25.3 Å². The number of hydrogen-bond acceptors (Lipinski definition) is 5. The van der Waals surface area contributed by atoms with Crippen LogP contribution < -0.4 is 0 Å². The molecule has 0 radical (unpaired) electrons. The molecular weight excluding hydrogens is 354 g/mol. The third kappa shape index (κ3) is 2.94. The summed E-state index contributed by atoms with van der Waals surface area (Å²) in [5.41, 5.74) is 2.71. The van der Waals surface area contributed by atoms with Crippen LogP contribution in [0.1, 0.15) is 30.3 Å². The lowest BCUT2D eigenvalue weighted by Gasteiger charge is -2.21. The molecule has 0 spiro atoms. The van der Waals surface area contributed by atoms with E-state index in [-0.39, 0.29) is 11.9 Å². The molecule has 1 N–H and O–H groups in total. The molecule has 0 saturated carbocycles. The maximum atomic E-state index is 13.0. The van der Waals surface area contributed by atoms with E-state index in [2.05, 4.69) is 20.1 Å². The van der Waals surface area contributed by atoms with Gasteiger partial charge in [0.1, 0.15) is 11.7 Å². The minimum atomic E-state index is -0.178. The van der Waals surface area contributed by atoms with Crippen LogP contribution in [0.15, 0.2) is 59.4 Å². The molecule has 1 aliphatic rings. The van der Waals surface area contributed by atoms with Gasteiger partial charge in [-0.1, -0.05) is 29.4 Å². The molecular formula is C21H19N5O2. The van der Waals surface area contributed by atoms with Gasteiger partial charge in [-0.05, 0) is 36.6 Å². The van der Waals surface area contributed by atoms with Crippen molar-refractivity contribution in [3.05, 3.63) is 66.3 Å². The summed E-state index contributed by atoms with van der Waals surface area (Å²) in [6, 6.07) is 13.4. The first-order valence-corrected chi connectivity index (χ1v) is 9.39. The van der Waals surface area contributed by atoms with Gasteiger partial charge in [-0.3, -0.25) is 9.78 Å². The Morgan fingerprint density at radius 2 is 2.11 bits per heavy atom. The number of likely N-dealkylation sites (tertiary alicyclic amines) is 1. The summed E-state index contributed by atoms with van der Waals surface area (Å²) < 4.78 is 5.49. The summed E-state index contributed by atoms with van der Waals surface area (Å²) in [5, 5.41) is 5.13. The lowest BCUT2D eigenvalue weighted by Crippen LogP contribution is -2.32. The van der Waals surface area contributed by atoms with E-state index in [9.17, 15) is 4.79 Å². The van der Waals surface area contributed by atoms with Crippen molar-refractivity contribution in [2.75, 3.05) is 6.54 Å². The third-order valence-corrected chi connectivity index (χ3v) is 5.21. The summed E-state index contributed by atoms with van der Waals surface area (Å²) in [4.78, 5) is 26.9. The first-order valence-electron chi connectivity index (χ1n) is 9.39. The molecule has 28 heavy (non-hydrogen) atoms. The monoisotopic (exact) mass is 373 g/mol. The molecule has 1 fully saturated rings. The van der Waals surface area contributed by atoms with Crippen LogP contribution in [0.5, 0.6) is 0 Å². The standard InChI is InChI=1S/C21H19N5O2/c27-19(12-14-13-23-16-7-2-1-6-15(14)16)26-11-5-9-18(26)21-24-20(25-28-21)17-8-3-4-10-22-17/h1-4,6-8,10,13,18,23H,5,9,11-12H2. The predicted molar refractivity (Wildman–Crippen MR) is 103 cm³/mol. The van der Waals surface area contributed by atoms with Gasteiger partial charge in [0.05, 0.1) is 6.42 Å². The van der Waals surface area contributed by atoms with Gasteiger partial charge in [0, 0.05) is 29.8 Å². The number of hydrogen-bond donors (Lipinski definition) is 1. The van der Waals surface area contributed by atoms with E-state index >= 15 is 0 Å². The number of aromatic amines is 1. The SMILES string of the molecule is O=C(Cc1c[nH]c2ccccc12)N1CCCC1c1nc(-c2ccccn2)no1. The summed E-state index contributed by atoms with van der Waals surface area (Å²) in [6.07, 6.45) is 5.70. The maximum absolute atomic E-state index is 13.0. The molecule has 1 unspecified atom stereocenters. The van der Waals surface area contributed by atoms with Crippen LogP contribution in [-0.4, -0.2) is 37.5 Å². The van der Waals surface area contributed by atoms with Gasteiger partial charge < -0.3 is 14.4 Å². The summed E-state index contributed by atoms with van der Waals surface area (Å²) in [6.45, 7) is 0.702. The second kappa shape index (κ2) is 6.92. The van der Waals surface area contributed by atoms with Crippen LogP contribution in [-0.2, 0) is 11.2 Å². The Morgan fingerprint density at radius 3 is 3.00 bits per heavy atom. The van der Waals surface area contributed by atoms with Crippen LogP contribution in [0.25, 0.3) is 22.4 Å². The normalized spacial score (nSPS) is 16.7. The molecule has 5 rings (SSSR count). The predicted octanol–water partition coefficient (Wildman–Crippen LogP) is 3.52. The van der Waals surface area contributed by atoms with E-state index in [0.717, 1.165) is 29.3 Å². The largest absolute Gasteiger partial charge is 0.361 e. The van der Waals surface area contributed by atoms with Gasteiger partial charge >= 0.3 is 0 Å². The highest BCUT2D eigenvalue weighted by molar-refractivity contribution is 5.89. The fourth-order valence-electron chi connectivity index (χ4n) is 3.83. The van der Waals surface area contributed by atoms with E-state index in [1.54, 1.807) is 6.20 Å². The minimum absolute atomic E-state index is 0.0739. The fraction of sp³-hybridized carbons (Fsp3) is 0.238. The second-order valence-electron chi connectivity index (χ2n) is 6.95. The van der Waals surface area contributed by atoms with E-state index in [4.69, 9.17) is 4.52 Å². The van der Waals surface area contributed by atoms with Crippen LogP contribution in [0, 0.1) is 0 Å². The van der Waals surface area contributed by atoms with Gasteiger partial charge in [0.2, 0.25) is 17.6 Å². The number of H-pyrrole nitrogens is 1. The average molecular weight is 373 g/mol. The number of carbonyl (C=O) groups excluding carboxylic acids is 1. The summed E-state index contributed by atoms with van der Waals surface area (Å²) in [5.74, 6) is 1.00. The van der Waals surface area contributed by atoms with Crippen molar-refractivity contribution in [3.8, 4) is 11.5 Å². The Bertz CT molecular complexity index is 1120. The number of benzene rings is 1.